The Balaban J connectivity index is 1.98. The Morgan fingerprint density at radius 2 is 2.19 bits per heavy atom. The predicted octanol–water partition coefficient (Wildman–Crippen LogP) is 4.03. The molecule has 2 aromatic rings. The molecule has 2 rings (SSSR count). The van der Waals surface area contributed by atoms with E-state index in [2.05, 4.69) is 47.4 Å². The van der Waals surface area contributed by atoms with Crippen molar-refractivity contribution in [3.8, 4) is 5.75 Å². The third kappa shape index (κ3) is 4.49. The van der Waals surface area contributed by atoms with Crippen LogP contribution in [-0.2, 0) is 11.2 Å². The third-order valence-corrected chi connectivity index (χ3v) is 4.66. The SMILES string of the molecule is CCc1nnc(NC(=O)[C@@H](C)Oc2ccc(Br)cc2Br)s1. The molecule has 1 heterocycles. The monoisotopic (exact) mass is 433 g/mol. The molecule has 5 nitrogen and oxygen atoms in total. The lowest BCUT2D eigenvalue weighted by atomic mass is 10.3. The first-order chi connectivity index (χ1) is 9.99. The van der Waals surface area contributed by atoms with E-state index in [0.717, 1.165) is 20.4 Å². The van der Waals surface area contributed by atoms with Crippen LogP contribution in [0.3, 0.4) is 0 Å². The first kappa shape index (κ1) is 16.4. The number of carbonyl (C=O) groups is 1. The van der Waals surface area contributed by atoms with Crippen LogP contribution in [0.5, 0.6) is 5.75 Å². The standard InChI is InChI=1S/C13H13Br2N3O2S/c1-3-11-17-18-13(21-11)16-12(19)7(2)20-10-5-4-8(14)6-9(10)15/h4-7H,3H2,1-2H3,(H,16,18,19)/t7-/m1/s1. The summed E-state index contributed by atoms with van der Waals surface area (Å²) in [6, 6.07) is 5.50. The molecule has 1 aromatic heterocycles. The van der Waals surface area contributed by atoms with E-state index in [0.29, 0.717) is 10.9 Å². The van der Waals surface area contributed by atoms with Crippen LogP contribution >= 0.6 is 43.2 Å². The Labute approximate surface area is 143 Å². The van der Waals surface area contributed by atoms with Crippen molar-refractivity contribution < 1.29 is 9.53 Å². The summed E-state index contributed by atoms with van der Waals surface area (Å²) in [4.78, 5) is 12.1. The minimum Gasteiger partial charge on any atom is -0.480 e. The van der Waals surface area contributed by atoms with E-state index in [1.54, 1.807) is 13.0 Å². The first-order valence-corrected chi connectivity index (χ1v) is 8.64. The summed E-state index contributed by atoms with van der Waals surface area (Å²) in [5.41, 5.74) is 0. The molecular weight excluding hydrogens is 422 g/mol. The number of rotatable bonds is 5. The number of aromatic nitrogens is 2. The summed E-state index contributed by atoms with van der Waals surface area (Å²) in [5, 5.41) is 11.9. The van der Waals surface area contributed by atoms with Crippen molar-refractivity contribution in [2.45, 2.75) is 26.4 Å². The smallest absolute Gasteiger partial charge is 0.266 e. The number of ether oxygens (including phenoxy) is 1. The highest BCUT2D eigenvalue weighted by Gasteiger charge is 2.18. The fraction of sp³-hybridized carbons (Fsp3) is 0.308. The number of hydrogen-bond donors (Lipinski definition) is 1. The molecular formula is C13H13Br2N3O2S. The largest absolute Gasteiger partial charge is 0.480 e. The van der Waals surface area contributed by atoms with Crippen LogP contribution in [0.4, 0.5) is 5.13 Å². The van der Waals surface area contributed by atoms with Crippen LogP contribution < -0.4 is 10.1 Å². The van der Waals surface area contributed by atoms with Crippen LogP contribution in [0.2, 0.25) is 0 Å². The minimum atomic E-state index is -0.642. The molecule has 1 N–H and O–H groups in total. The molecule has 1 aromatic carbocycles. The van der Waals surface area contributed by atoms with Crippen LogP contribution in [0.25, 0.3) is 0 Å². The van der Waals surface area contributed by atoms with Gasteiger partial charge in [-0.3, -0.25) is 10.1 Å². The Kier molecular flexibility index (Phi) is 5.72. The number of halogens is 2. The van der Waals surface area contributed by atoms with Crippen molar-refractivity contribution in [3.63, 3.8) is 0 Å². The van der Waals surface area contributed by atoms with Crippen molar-refractivity contribution >= 4 is 54.2 Å². The molecule has 0 aliphatic carbocycles. The van der Waals surface area contributed by atoms with Crippen LogP contribution in [-0.4, -0.2) is 22.2 Å². The molecule has 0 aliphatic rings. The van der Waals surface area contributed by atoms with E-state index >= 15 is 0 Å². The van der Waals surface area contributed by atoms with Gasteiger partial charge in [0.05, 0.1) is 4.47 Å². The number of nitrogens with zero attached hydrogens (tertiary/aromatic N) is 2. The summed E-state index contributed by atoms with van der Waals surface area (Å²) in [5.74, 6) is 0.344. The maximum atomic E-state index is 12.1. The van der Waals surface area contributed by atoms with Crippen molar-refractivity contribution in [1.82, 2.24) is 10.2 Å². The number of nitrogens with one attached hydrogen (secondary N) is 1. The van der Waals surface area contributed by atoms with E-state index in [4.69, 9.17) is 4.74 Å². The van der Waals surface area contributed by atoms with Gasteiger partial charge in [-0.25, -0.2) is 0 Å². The molecule has 1 atom stereocenters. The van der Waals surface area contributed by atoms with Gasteiger partial charge in [0.25, 0.3) is 5.91 Å². The summed E-state index contributed by atoms with van der Waals surface area (Å²) in [7, 11) is 0. The third-order valence-electron chi connectivity index (χ3n) is 2.57. The number of amides is 1. The molecule has 8 heteroatoms. The Hall–Kier alpha value is -0.990. The van der Waals surface area contributed by atoms with Gasteiger partial charge >= 0.3 is 0 Å². The van der Waals surface area contributed by atoms with Crippen molar-refractivity contribution in [2.24, 2.45) is 0 Å². The van der Waals surface area contributed by atoms with Gasteiger partial charge in [0.2, 0.25) is 5.13 Å². The number of anilines is 1. The zero-order chi connectivity index (χ0) is 15.4. The number of benzene rings is 1. The van der Waals surface area contributed by atoms with Gasteiger partial charge in [0.15, 0.2) is 6.10 Å². The summed E-state index contributed by atoms with van der Waals surface area (Å²) in [6.07, 6.45) is 0.155. The zero-order valence-electron chi connectivity index (χ0n) is 11.4. The average Bonchev–Trinajstić information content (AvgIpc) is 2.89. The molecule has 0 saturated heterocycles. The van der Waals surface area contributed by atoms with Gasteiger partial charge < -0.3 is 4.74 Å². The molecule has 0 spiro atoms. The van der Waals surface area contributed by atoms with Crippen LogP contribution in [0.1, 0.15) is 18.9 Å². The molecule has 0 fully saturated rings. The molecule has 0 saturated carbocycles. The van der Waals surface area contributed by atoms with E-state index in [1.807, 2.05) is 19.1 Å². The summed E-state index contributed by atoms with van der Waals surface area (Å²) < 4.78 is 7.35. The minimum absolute atomic E-state index is 0.261. The van der Waals surface area contributed by atoms with Crippen molar-refractivity contribution in [1.29, 1.82) is 0 Å². The highest BCUT2D eigenvalue weighted by molar-refractivity contribution is 9.11. The Morgan fingerprint density at radius 1 is 1.43 bits per heavy atom. The molecule has 21 heavy (non-hydrogen) atoms. The van der Waals surface area contributed by atoms with Gasteiger partial charge in [0, 0.05) is 4.47 Å². The number of aryl methyl sites for hydroxylation is 1. The molecule has 0 unspecified atom stereocenters. The number of carbonyl (C=O) groups excluding carboxylic acids is 1. The van der Waals surface area contributed by atoms with Crippen LogP contribution in [0, 0.1) is 0 Å². The predicted molar refractivity (Wildman–Crippen MR) is 89.8 cm³/mol. The van der Waals surface area contributed by atoms with E-state index in [1.165, 1.54) is 11.3 Å². The lowest BCUT2D eigenvalue weighted by molar-refractivity contribution is -0.122. The highest BCUT2D eigenvalue weighted by atomic mass is 79.9. The topological polar surface area (TPSA) is 64.1 Å². The second-order valence-corrected chi connectivity index (χ2v) is 7.01. The second-order valence-electron chi connectivity index (χ2n) is 4.18. The maximum Gasteiger partial charge on any atom is 0.266 e. The van der Waals surface area contributed by atoms with Gasteiger partial charge in [0.1, 0.15) is 10.8 Å². The lowest BCUT2D eigenvalue weighted by Crippen LogP contribution is -2.30. The van der Waals surface area contributed by atoms with Crippen molar-refractivity contribution in [3.05, 3.63) is 32.2 Å². The highest BCUT2D eigenvalue weighted by Crippen LogP contribution is 2.29. The van der Waals surface area contributed by atoms with Gasteiger partial charge in [-0.2, -0.15) is 0 Å². The van der Waals surface area contributed by atoms with Crippen molar-refractivity contribution in [2.75, 3.05) is 5.32 Å². The molecule has 0 aliphatic heterocycles. The van der Waals surface area contributed by atoms with Gasteiger partial charge in [-0.1, -0.05) is 34.2 Å². The normalized spacial score (nSPS) is 12.0. The van der Waals surface area contributed by atoms with E-state index in [-0.39, 0.29) is 5.91 Å². The summed E-state index contributed by atoms with van der Waals surface area (Å²) >= 11 is 8.13. The lowest BCUT2D eigenvalue weighted by Gasteiger charge is -2.14. The van der Waals surface area contributed by atoms with Gasteiger partial charge in [-0.05, 0) is 47.5 Å². The zero-order valence-corrected chi connectivity index (χ0v) is 15.4. The number of hydrogen-bond acceptors (Lipinski definition) is 5. The maximum absolute atomic E-state index is 12.1. The van der Waals surface area contributed by atoms with E-state index in [9.17, 15) is 4.79 Å². The Morgan fingerprint density at radius 3 is 2.81 bits per heavy atom. The molecule has 0 radical (unpaired) electrons. The Bertz CT molecular complexity index is 648. The average molecular weight is 435 g/mol. The van der Waals surface area contributed by atoms with E-state index < -0.39 is 6.10 Å². The van der Waals surface area contributed by atoms with Crippen LogP contribution in [0.15, 0.2) is 27.1 Å². The fourth-order valence-corrected chi connectivity index (χ4v) is 3.29. The molecule has 0 bridgehead atoms. The molecule has 1 amide bonds. The quantitative estimate of drug-likeness (QED) is 0.771. The van der Waals surface area contributed by atoms with Gasteiger partial charge in [-0.15, -0.1) is 10.2 Å². The first-order valence-electron chi connectivity index (χ1n) is 6.24. The second kappa shape index (κ2) is 7.33. The molecule has 112 valence electrons. The summed E-state index contributed by atoms with van der Waals surface area (Å²) in [6.45, 7) is 3.68. The fourth-order valence-electron chi connectivity index (χ4n) is 1.47.